The van der Waals surface area contributed by atoms with Crippen molar-refractivity contribution in [3.05, 3.63) is 0 Å². The van der Waals surface area contributed by atoms with Crippen LogP contribution in [0.2, 0.25) is 0 Å². The smallest absolute Gasteiger partial charge is 0.0158 e. The van der Waals surface area contributed by atoms with Crippen molar-refractivity contribution in [2.75, 3.05) is 18.1 Å². The summed E-state index contributed by atoms with van der Waals surface area (Å²) in [4.78, 5) is 0. The van der Waals surface area contributed by atoms with E-state index in [1.54, 1.807) is 0 Å². The minimum atomic E-state index is 0.526. The lowest BCUT2D eigenvalue weighted by molar-refractivity contribution is 0.148. The lowest BCUT2D eigenvalue weighted by Crippen LogP contribution is -2.38. The first-order chi connectivity index (χ1) is 8.55. The number of rotatable bonds is 3. The van der Waals surface area contributed by atoms with E-state index >= 15 is 0 Å². The Labute approximate surface area is 118 Å². The predicted octanol–water partition coefficient (Wildman–Crippen LogP) is 4.32. The Morgan fingerprint density at radius 3 is 2.33 bits per heavy atom. The Kier molecular flexibility index (Phi) is 5.44. The van der Waals surface area contributed by atoms with Crippen molar-refractivity contribution in [3.63, 3.8) is 0 Å². The molecule has 0 aromatic rings. The van der Waals surface area contributed by atoms with E-state index in [4.69, 9.17) is 0 Å². The molecular formula is C16H31NS. The number of nitrogens with one attached hydrogen (secondary N) is 1. The molecule has 1 unspecified atom stereocenters. The standard InChI is InChI=1S/C16H31NS/c1-16(2,3)14-8-6-13(7-9-14)11-17-15-5-4-10-18-12-15/h13-15,17H,4-12H2,1-3H3. The van der Waals surface area contributed by atoms with Gasteiger partial charge in [-0.05, 0) is 68.1 Å². The van der Waals surface area contributed by atoms with E-state index in [2.05, 4.69) is 37.8 Å². The van der Waals surface area contributed by atoms with E-state index in [1.807, 2.05) is 0 Å². The summed E-state index contributed by atoms with van der Waals surface area (Å²) in [5.41, 5.74) is 0.526. The Balaban J connectivity index is 1.64. The van der Waals surface area contributed by atoms with Gasteiger partial charge in [0.2, 0.25) is 0 Å². The zero-order chi connectivity index (χ0) is 13.0. The van der Waals surface area contributed by atoms with Crippen LogP contribution in [0.5, 0.6) is 0 Å². The molecular weight excluding hydrogens is 238 g/mol. The molecule has 18 heavy (non-hydrogen) atoms. The van der Waals surface area contributed by atoms with Crippen LogP contribution in [0.4, 0.5) is 0 Å². The van der Waals surface area contributed by atoms with Gasteiger partial charge in [-0.2, -0.15) is 11.8 Å². The van der Waals surface area contributed by atoms with Crippen molar-refractivity contribution in [2.24, 2.45) is 17.3 Å². The van der Waals surface area contributed by atoms with Crippen molar-refractivity contribution in [3.8, 4) is 0 Å². The molecule has 1 nitrogen and oxygen atoms in total. The average Bonchev–Trinajstić information content (AvgIpc) is 2.37. The molecule has 0 aromatic heterocycles. The minimum Gasteiger partial charge on any atom is -0.313 e. The van der Waals surface area contributed by atoms with E-state index < -0.39 is 0 Å². The monoisotopic (exact) mass is 269 g/mol. The summed E-state index contributed by atoms with van der Waals surface area (Å²) in [5, 5.41) is 3.82. The third-order valence-corrected chi connectivity index (χ3v) is 6.14. The van der Waals surface area contributed by atoms with Gasteiger partial charge in [-0.25, -0.2) is 0 Å². The maximum Gasteiger partial charge on any atom is 0.0158 e. The summed E-state index contributed by atoms with van der Waals surface area (Å²) >= 11 is 2.13. The van der Waals surface area contributed by atoms with Crippen LogP contribution in [0.25, 0.3) is 0 Å². The van der Waals surface area contributed by atoms with E-state index in [0.717, 1.165) is 17.9 Å². The fourth-order valence-corrected chi connectivity index (χ4v) is 4.57. The van der Waals surface area contributed by atoms with Gasteiger partial charge >= 0.3 is 0 Å². The van der Waals surface area contributed by atoms with Crippen LogP contribution in [0, 0.1) is 17.3 Å². The molecule has 1 saturated heterocycles. The molecule has 2 aliphatic rings. The third-order valence-electron chi connectivity index (χ3n) is 4.93. The number of thioether (sulfide) groups is 1. The molecule has 0 aromatic carbocycles. The molecule has 0 bridgehead atoms. The SMILES string of the molecule is CC(C)(C)C1CCC(CNC2CCCSC2)CC1. The van der Waals surface area contributed by atoms with Crippen molar-refractivity contribution < 1.29 is 0 Å². The molecule has 0 radical (unpaired) electrons. The largest absolute Gasteiger partial charge is 0.313 e. The van der Waals surface area contributed by atoms with Gasteiger partial charge < -0.3 is 5.32 Å². The molecule has 1 aliphatic heterocycles. The van der Waals surface area contributed by atoms with Crippen molar-refractivity contribution in [1.29, 1.82) is 0 Å². The zero-order valence-electron chi connectivity index (χ0n) is 12.5. The second-order valence-corrected chi connectivity index (χ2v) is 8.56. The van der Waals surface area contributed by atoms with E-state index in [-0.39, 0.29) is 0 Å². The van der Waals surface area contributed by atoms with Gasteiger partial charge in [0.25, 0.3) is 0 Å². The molecule has 1 atom stereocenters. The highest BCUT2D eigenvalue weighted by molar-refractivity contribution is 7.99. The Hall–Kier alpha value is 0.310. The maximum absolute atomic E-state index is 3.82. The van der Waals surface area contributed by atoms with Gasteiger partial charge in [-0.3, -0.25) is 0 Å². The fourth-order valence-electron chi connectivity index (χ4n) is 3.47. The molecule has 106 valence electrons. The second-order valence-electron chi connectivity index (χ2n) is 7.41. The minimum absolute atomic E-state index is 0.526. The van der Waals surface area contributed by atoms with E-state index in [1.165, 1.54) is 56.6 Å². The van der Waals surface area contributed by atoms with Crippen molar-refractivity contribution in [2.45, 2.75) is 65.3 Å². The highest BCUT2D eigenvalue weighted by Gasteiger charge is 2.29. The quantitative estimate of drug-likeness (QED) is 0.818. The molecule has 0 amide bonds. The van der Waals surface area contributed by atoms with Crippen LogP contribution in [0.1, 0.15) is 59.3 Å². The summed E-state index contributed by atoms with van der Waals surface area (Å²) in [6.07, 6.45) is 8.64. The van der Waals surface area contributed by atoms with Gasteiger partial charge in [0, 0.05) is 11.8 Å². The summed E-state index contributed by atoms with van der Waals surface area (Å²) in [5.74, 6) is 4.64. The lowest BCUT2D eigenvalue weighted by Gasteiger charge is -2.37. The molecule has 1 heterocycles. The molecule has 0 spiro atoms. The Bertz CT molecular complexity index is 232. The maximum atomic E-state index is 3.82. The first-order valence-electron chi connectivity index (χ1n) is 7.87. The highest BCUT2D eigenvalue weighted by Crippen LogP contribution is 2.39. The van der Waals surface area contributed by atoms with Crippen molar-refractivity contribution >= 4 is 11.8 Å². The summed E-state index contributed by atoms with van der Waals surface area (Å²) < 4.78 is 0. The molecule has 2 rings (SSSR count). The van der Waals surface area contributed by atoms with E-state index in [9.17, 15) is 0 Å². The third kappa shape index (κ3) is 4.45. The first kappa shape index (κ1) is 14.7. The first-order valence-corrected chi connectivity index (χ1v) is 9.02. The molecule has 1 N–H and O–H groups in total. The van der Waals surface area contributed by atoms with Gasteiger partial charge in [0.15, 0.2) is 0 Å². The molecule has 2 heteroatoms. The lowest BCUT2D eigenvalue weighted by atomic mass is 9.70. The van der Waals surface area contributed by atoms with Gasteiger partial charge in [0.1, 0.15) is 0 Å². The molecule has 1 saturated carbocycles. The normalized spacial score (nSPS) is 34.5. The van der Waals surface area contributed by atoms with Crippen LogP contribution in [-0.2, 0) is 0 Å². The average molecular weight is 269 g/mol. The van der Waals surface area contributed by atoms with Crippen LogP contribution < -0.4 is 5.32 Å². The van der Waals surface area contributed by atoms with Gasteiger partial charge in [-0.15, -0.1) is 0 Å². The van der Waals surface area contributed by atoms with Crippen LogP contribution in [0.15, 0.2) is 0 Å². The van der Waals surface area contributed by atoms with E-state index in [0.29, 0.717) is 5.41 Å². The summed E-state index contributed by atoms with van der Waals surface area (Å²) in [7, 11) is 0. The number of hydrogen-bond acceptors (Lipinski definition) is 2. The van der Waals surface area contributed by atoms with Crippen LogP contribution in [0.3, 0.4) is 0 Å². The fraction of sp³-hybridized carbons (Fsp3) is 1.00. The van der Waals surface area contributed by atoms with Crippen molar-refractivity contribution in [1.82, 2.24) is 5.32 Å². The van der Waals surface area contributed by atoms with Gasteiger partial charge in [-0.1, -0.05) is 20.8 Å². The highest BCUT2D eigenvalue weighted by atomic mass is 32.2. The Morgan fingerprint density at radius 2 is 1.78 bits per heavy atom. The molecule has 2 fully saturated rings. The second kappa shape index (κ2) is 6.65. The topological polar surface area (TPSA) is 12.0 Å². The molecule has 1 aliphatic carbocycles. The Morgan fingerprint density at radius 1 is 1.06 bits per heavy atom. The van der Waals surface area contributed by atoms with Crippen LogP contribution >= 0.6 is 11.8 Å². The zero-order valence-corrected chi connectivity index (χ0v) is 13.3. The predicted molar refractivity (Wildman–Crippen MR) is 83.3 cm³/mol. The van der Waals surface area contributed by atoms with Gasteiger partial charge in [0.05, 0.1) is 0 Å². The summed E-state index contributed by atoms with van der Waals surface area (Å²) in [6.45, 7) is 8.52. The van der Waals surface area contributed by atoms with Crippen LogP contribution in [-0.4, -0.2) is 24.1 Å². The number of hydrogen-bond donors (Lipinski definition) is 1. The summed E-state index contributed by atoms with van der Waals surface area (Å²) in [6, 6.07) is 0.809.